The molecular weight excluding hydrogens is 340 g/mol. The summed E-state index contributed by atoms with van der Waals surface area (Å²) in [5, 5.41) is 3.04. The van der Waals surface area contributed by atoms with Crippen molar-refractivity contribution in [1.29, 1.82) is 0 Å². The van der Waals surface area contributed by atoms with Gasteiger partial charge >= 0.3 is 0 Å². The van der Waals surface area contributed by atoms with Crippen LogP contribution in [-0.4, -0.2) is 22.0 Å². The van der Waals surface area contributed by atoms with Crippen molar-refractivity contribution in [2.75, 3.05) is 13.6 Å². The molecule has 2 N–H and O–H groups in total. The van der Waals surface area contributed by atoms with Crippen LogP contribution in [0.1, 0.15) is 25.3 Å². The van der Waals surface area contributed by atoms with Gasteiger partial charge in [0, 0.05) is 17.6 Å². The summed E-state index contributed by atoms with van der Waals surface area (Å²) >= 11 is 3.35. The highest BCUT2D eigenvalue weighted by atomic mass is 79.9. The third-order valence-corrected chi connectivity index (χ3v) is 6.09. The summed E-state index contributed by atoms with van der Waals surface area (Å²) in [5.74, 6) is 1.10. The number of sulfonamides is 1. The van der Waals surface area contributed by atoms with Gasteiger partial charge < -0.3 is 5.32 Å². The van der Waals surface area contributed by atoms with Gasteiger partial charge in [0.15, 0.2) is 0 Å². The molecular formula is C14H21BrN2O2S. The Hall–Kier alpha value is -0.430. The van der Waals surface area contributed by atoms with Gasteiger partial charge in [-0.1, -0.05) is 13.0 Å². The van der Waals surface area contributed by atoms with Gasteiger partial charge in [-0.3, -0.25) is 0 Å². The topological polar surface area (TPSA) is 58.2 Å². The standard InChI is InChI=1S/C14H21BrN2O2S/c1-10(12-4-5-12)8-17-20(18,19)14-6-3-11(9-16-2)7-13(14)15/h3,6-7,10,12,16-17H,4-5,8-9H2,1-2H3. The lowest BCUT2D eigenvalue weighted by atomic mass is 10.1. The molecule has 1 aromatic carbocycles. The van der Waals surface area contributed by atoms with Crippen molar-refractivity contribution in [3.63, 3.8) is 0 Å². The van der Waals surface area contributed by atoms with Gasteiger partial charge in [-0.25, -0.2) is 13.1 Å². The highest BCUT2D eigenvalue weighted by Gasteiger charge is 2.29. The maximum Gasteiger partial charge on any atom is 0.241 e. The molecule has 0 amide bonds. The predicted molar refractivity (Wildman–Crippen MR) is 84.0 cm³/mol. The van der Waals surface area contributed by atoms with E-state index in [1.54, 1.807) is 6.07 Å². The van der Waals surface area contributed by atoms with Gasteiger partial charge in [-0.15, -0.1) is 0 Å². The fraction of sp³-hybridized carbons (Fsp3) is 0.571. The summed E-state index contributed by atoms with van der Waals surface area (Å²) in [6, 6.07) is 5.33. The lowest BCUT2D eigenvalue weighted by Gasteiger charge is -2.13. The fourth-order valence-electron chi connectivity index (χ4n) is 2.23. The minimum atomic E-state index is -3.44. The van der Waals surface area contributed by atoms with Crippen molar-refractivity contribution >= 4 is 26.0 Å². The molecule has 0 bridgehead atoms. The highest BCUT2D eigenvalue weighted by molar-refractivity contribution is 9.10. The number of halogens is 1. The molecule has 0 spiro atoms. The Balaban J connectivity index is 2.07. The lowest BCUT2D eigenvalue weighted by Crippen LogP contribution is -2.29. The largest absolute Gasteiger partial charge is 0.316 e. The second kappa shape index (κ2) is 6.56. The Morgan fingerprint density at radius 3 is 2.65 bits per heavy atom. The maximum atomic E-state index is 12.3. The number of rotatable bonds is 7. The van der Waals surface area contributed by atoms with E-state index in [2.05, 4.69) is 32.9 Å². The molecule has 1 aliphatic carbocycles. The van der Waals surface area contributed by atoms with Gasteiger partial charge in [-0.05, 0) is 65.4 Å². The predicted octanol–water partition coefficient (Wildman–Crippen LogP) is 2.49. The van der Waals surface area contributed by atoms with Crippen molar-refractivity contribution in [1.82, 2.24) is 10.0 Å². The highest BCUT2D eigenvalue weighted by Crippen LogP contribution is 2.36. The molecule has 0 radical (unpaired) electrons. The van der Waals surface area contributed by atoms with Crippen LogP contribution in [0.15, 0.2) is 27.6 Å². The quantitative estimate of drug-likeness (QED) is 0.785. The third-order valence-electron chi connectivity index (χ3n) is 3.69. The maximum absolute atomic E-state index is 12.3. The smallest absolute Gasteiger partial charge is 0.241 e. The molecule has 1 saturated carbocycles. The summed E-state index contributed by atoms with van der Waals surface area (Å²) < 4.78 is 27.9. The van der Waals surface area contributed by atoms with E-state index in [1.165, 1.54) is 12.8 Å². The van der Waals surface area contributed by atoms with Gasteiger partial charge in [0.1, 0.15) is 0 Å². The first-order valence-electron chi connectivity index (χ1n) is 6.86. The van der Waals surface area contributed by atoms with Crippen LogP contribution in [0.2, 0.25) is 0 Å². The van der Waals surface area contributed by atoms with Crippen LogP contribution in [0.4, 0.5) is 0 Å². The second-order valence-corrected chi connectivity index (χ2v) is 8.05. The van der Waals surface area contributed by atoms with Crippen LogP contribution < -0.4 is 10.0 Å². The minimum Gasteiger partial charge on any atom is -0.316 e. The van der Waals surface area contributed by atoms with Gasteiger partial charge in [0.2, 0.25) is 10.0 Å². The average molecular weight is 361 g/mol. The van der Waals surface area contributed by atoms with Gasteiger partial charge in [0.05, 0.1) is 4.90 Å². The van der Waals surface area contributed by atoms with Crippen LogP contribution in [0.25, 0.3) is 0 Å². The van der Waals surface area contributed by atoms with Crippen molar-refractivity contribution in [2.24, 2.45) is 11.8 Å². The molecule has 1 atom stereocenters. The first-order chi connectivity index (χ1) is 9.44. The van der Waals surface area contributed by atoms with E-state index < -0.39 is 10.0 Å². The van der Waals surface area contributed by atoms with E-state index >= 15 is 0 Å². The summed E-state index contributed by atoms with van der Waals surface area (Å²) in [7, 11) is -1.58. The molecule has 20 heavy (non-hydrogen) atoms. The Kier molecular flexibility index (Phi) is 5.23. The molecule has 2 rings (SSSR count). The zero-order chi connectivity index (χ0) is 14.8. The number of nitrogens with one attached hydrogen (secondary N) is 2. The van der Waals surface area contributed by atoms with Crippen molar-refractivity contribution < 1.29 is 8.42 Å². The summed E-state index contributed by atoms with van der Waals surface area (Å²) in [4.78, 5) is 0.306. The Morgan fingerprint density at radius 1 is 1.40 bits per heavy atom. The average Bonchev–Trinajstić information content (AvgIpc) is 3.20. The summed E-state index contributed by atoms with van der Waals surface area (Å²) in [5.41, 5.74) is 1.05. The molecule has 4 nitrogen and oxygen atoms in total. The molecule has 1 aromatic rings. The van der Waals surface area contributed by atoms with Crippen LogP contribution in [0.5, 0.6) is 0 Å². The van der Waals surface area contributed by atoms with E-state index in [1.807, 2.05) is 19.2 Å². The minimum absolute atomic E-state index is 0.306. The van der Waals surface area contributed by atoms with Crippen molar-refractivity contribution in [3.8, 4) is 0 Å². The molecule has 0 aliphatic heterocycles. The van der Waals surface area contributed by atoms with Crippen molar-refractivity contribution in [2.45, 2.75) is 31.2 Å². The van der Waals surface area contributed by atoms with E-state index in [4.69, 9.17) is 0 Å². The summed E-state index contributed by atoms with van der Waals surface area (Å²) in [6.07, 6.45) is 2.45. The van der Waals surface area contributed by atoms with E-state index in [9.17, 15) is 8.42 Å². The van der Waals surface area contributed by atoms with Gasteiger partial charge in [0.25, 0.3) is 0 Å². The molecule has 112 valence electrons. The van der Waals surface area contributed by atoms with E-state index in [0.717, 1.165) is 5.56 Å². The first kappa shape index (κ1) is 15.9. The first-order valence-corrected chi connectivity index (χ1v) is 9.14. The summed E-state index contributed by atoms with van der Waals surface area (Å²) in [6.45, 7) is 3.33. The van der Waals surface area contributed by atoms with E-state index in [0.29, 0.717) is 34.3 Å². The number of hydrogen-bond donors (Lipinski definition) is 2. The van der Waals surface area contributed by atoms with Crippen LogP contribution in [-0.2, 0) is 16.6 Å². The van der Waals surface area contributed by atoms with Crippen LogP contribution in [0, 0.1) is 11.8 Å². The zero-order valence-electron chi connectivity index (χ0n) is 11.8. The molecule has 0 heterocycles. The molecule has 1 fully saturated rings. The second-order valence-electron chi connectivity index (χ2n) is 5.46. The molecule has 6 heteroatoms. The Bertz CT molecular complexity index is 571. The van der Waals surface area contributed by atoms with Gasteiger partial charge in [-0.2, -0.15) is 0 Å². The molecule has 0 aromatic heterocycles. The Morgan fingerprint density at radius 2 is 2.10 bits per heavy atom. The normalized spacial score (nSPS) is 17.1. The van der Waals surface area contributed by atoms with Crippen LogP contribution >= 0.6 is 15.9 Å². The Labute approximate surface area is 129 Å². The third kappa shape index (κ3) is 4.04. The number of benzene rings is 1. The number of hydrogen-bond acceptors (Lipinski definition) is 3. The monoisotopic (exact) mass is 360 g/mol. The fourth-order valence-corrected chi connectivity index (χ4v) is 4.49. The van der Waals surface area contributed by atoms with Crippen LogP contribution in [0.3, 0.4) is 0 Å². The lowest BCUT2D eigenvalue weighted by molar-refractivity contribution is 0.491. The zero-order valence-corrected chi connectivity index (χ0v) is 14.2. The van der Waals surface area contributed by atoms with E-state index in [-0.39, 0.29) is 0 Å². The van der Waals surface area contributed by atoms with Crippen molar-refractivity contribution in [3.05, 3.63) is 28.2 Å². The molecule has 1 unspecified atom stereocenters. The SMILES string of the molecule is CNCc1ccc(S(=O)(=O)NCC(C)C2CC2)c(Br)c1. The molecule has 0 saturated heterocycles. The molecule has 1 aliphatic rings.